The highest BCUT2D eigenvalue weighted by atomic mass is 16.5. The molecule has 3 heterocycles. The molecule has 2 aromatic heterocycles. The maximum absolute atomic E-state index is 12.8. The topological polar surface area (TPSA) is 100 Å². The number of carbonyl (C=O) groups is 1. The Bertz CT molecular complexity index is 1340. The van der Waals surface area contributed by atoms with Crippen LogP contribution in [0.4, 0.5) is 11.6 Å². The minimum Gasteiger partial charge on any atom is -0.361 e. The number of anilines is 2. The number of nitrogens with zero attached hydrogens (tertiary/aromatic N) is 6. The first kappa shape index (κ1) is 22.0. The highest BCUT2D eigenvalue weighted by molar-refractivity contribution is 5.94. The van der Waals surface area contributed by atoms with Gasteiger partial charge < -0.3 is 19.6 Å². The van der Waals surface area contributed by atoms with Crippen LogP contribution in [0.15, 0.2) is 40.9 Å². The van der Waals surface area contributed by atoms with Crippen LogP contribution in [-0.4, -0.2) is 69.3 Å². The minimum absolute atomic E-state index is 0.0630. The van der Waals surface area contributed by atoms with E-state index in [1.165, 1.54) is 0 Å². The van der Waals surface area contributed by atoms with Gasteiger partial charge in [0.2, 0.25) is 5.95 Å². The van der Waals surface area contributed by atoms with Crippen LogP contribution in [0.1, 0.15) is 27.4 Å². The lowest BCUT2D eigenvalue weighted by molar-refractivity contribution is 0.0664. The van der Waals surface area contributed by atoms with Gasteiger partial charge in [-0.3, -0.25) is 4.79 Å². The molecule has 174 valence electrons. The highest BCUT2D eigenvalue weighted by Gasteiger charge is 2.20. The fraction of sp³-hybridized carbons (Fsp3) is 0.320. The van der Waals surface area contributed by atoms with Gasteiger partial charge >= 0.3 is 0 Å². The summed E-state index contributed by atoms with van der Waals surface area (Å²) in [7, 11) is 2.07. The lowest BCUT2D eigenvalue weighted by atomic mass is 10.0. The van der Waals surface area contributed by atoms with E-state index in [1.807, 2.05) is 56.0 Å². The van der Waals surface area contributed by atoms with Gasteiger partial charge in [-0.25, -0.2) is 4.98 Å². The van der Waals surface area contributed by atoms with Crippen molar-refractivity contribution < 1.29 is 9.32 Å². The van der Waals surface area contributed by atoms with Crippen molar-refractivity contribution >= 4 is 28.6 Å². The van der Waals surface area contributed by atoms with Crippen molar-refractivity contribution in [1.29, 1.82) is 0 Å². The molecule has 34 heavy (non-hydrogen) atoms. The van der Waals surface area contributed by atoms with Crippen molar-refractivity contribution in [1.82, 2.24) is 30.1 Å². The molecule has 1 amide bonds. The molecule has 1 fully saturated rings. The van der Waals surface area contributed by atoms with E-state index in [2.05, 4.69) is 43.7 Å². The molecule has 1 aliphatic rings. The molecule has 9 heteroatoms. The highest BCUT2D eigenvalue weighted by Crippen LogP contribution is 2.30. The molecular formula is C25H27N7O2. The first-order valence-electron chi connectivity index (χ1n) is 11.3. The van der Waals surface area contributed by atoms with Crippen LogP contribution in [-0.2, 0) is 0 Å². The Morgan fingerprint density at radius 1 is 1.00 bits per heavy atom. The van der Waals surface area contributed by atoms with E-state index < -0.39 is 0 Å². The zero-order valence-electron chi connectivity index (χ0n) is 19.8. The Morgan fingerprint density at radius 3 is 2.41 bits per heavy atom. The van der Waals surface area contributed by atoms with Gasteiger partial charge in [0.1, 0.15) is 11.3 Å². The third-order valence-corrected chi connectivity index (χ3v) is 6.25. The van der Waals surface area contributed by atoms with Gasteiger partial charge in [-0.2, -0.15) is 0 Å². The number of benzene rings is 2. The SMILES string of the molecule is Cc1noc(C)c1-c1cc(C)c2nc(Nc3ccc(C(=O)N4CCN(C)CC4)cc3)nnc2c1. The van der Waals surface area contributed by atoms with Gasteiger partial charge in [0.25, 0.3) is 5.91 Å². The molecule has 1 aliphatic heterocycles. The van der Waals surface area contributed by atoms with E-state index in [-0.39, 0.29) is 5.91 Å². The lowest BCUT2D eigenvalue weighted by Gasteiger charge is -2.32. The third-order valence-electron chi connectivity index (χ3n) is 6.25. The van der Waals surface area contributed by atoms with E-state index >= 15 is 0 Å². The van der Waals surface area contributed by atoms with Crippen LogP contribution in [0.3, 0.4) is 0 Å². The molecule has 0 atom stereocenters. The summed E-state index contributed by atoms with van der Waals surface area (Å²) in [5, 5.41) is 15.9. The number of aromatic nitrogens is 4. The van der Waals surface area contributed by atoms with E-state index in [0.717, 1.165) is 65.5 Å². The number of amides is 1. The van der Waals surface area contributed by atoms with Gasteiger partial charge in [-0.05, 0) is 75.3 Å². The van der Waals surface area contributed by atoms with Crippen molar-refractivity contribution in [3.8, 4) is 11.1 Å². The molecule has 5 rings (SSSR count). The summed E-state index contributed by atoms with van der Waals surface area (Å²) >= 11 is 0. The van der Waals surface area contributed by atoms with Crippen LogP contribution in [0.5, 0.6) is 0 Å². The quantitative estimate of drug-likeness (QED) is 0.495. The van der Waals surface area contributed by atoms with Gasteiger partial charge in [-0.1, -0.05) is 5.16 Å². The monoisotopic (exact) mass is 457 g/mol. The first-order valence-corrected chi connectivity index (χ1v) is 11.3. The maximum atomic E-state index is 12.8. The summed E-state index contributed by atoms with van der Waals surface area (Å²) in [5.74, 6) is 1.23. The van der Waals surface area contributed by atoms with Crippen LogP contribution in [0, 0.1) is 20.8 Å². The predicted molar refractivity (Wildman–Crippen MR) is 130 cm³/mol. The number of nitrogens with one attached hydrogen (secondary N) is 1. The zero-order valence-corrected chi connectivity index (χ0v) is 19.8. The smallest absolute Gasteiger partial charge is 0.253 e. The van der Waals surface area contributed by atoms with Crippen molar-refractivity contribution in [2.75, 3.05) is 38.5 Å². The van der Waals surface area contributed by atoms with Crippen molar-refractivity contribution in [3.63, 3.8) is 0 Å². The first-order chi connectivity index (χ1) is 16.4. The Balaban J connectivity index is 1.34. The standard InChI is InChI=1S/C25H27N7O2/c1-15-13-19(22-16(2)30-34-17(22)3)14-21-23(15)27-25(29-28-21)26-20-7-5-18(6-8-20)24(33)32-11-9-31(4)10-12-32/h5-8,13-14H,9-12H2,1-4H3,(H,26,27,29). The van der Waals surface area contributed by atoms with Gasteiger partial charge in [0.05, 0.1) is 11.2 Å². The molecule has 2 aromatic carbocycles. The second-order valence-electron chi connectivity index (χ2n) is 8.79. The summed E-state index contributed by atoms with van der Waals surface area (Å²) in [6.45, 7) is 9.13. The predicted octanol–water partition coefficient (Wildman–Crippen LogP) is 3.74. The molecule has 9 nitrogen and oxygen atoms in total. The van der Waals surface area contributed by atoms with E-state index in [1.54, 1.807) is 0 Å². The third kappa shape index (κ3) is 4.22. The Kier molecular flexibility index (Phi) is 5.70. The number of rotatable bonds is 4. The Labute approximate surface area is 197 Å². The molecule has 4 aromatic rings. The molecule has 1 N–H and O–H groups in total. The lowest BCUT2D eigenvalue weighted by Crippen LogP contribution is -2.47. The molecule has 0 bridgehead atoms. The molecule has 0 aliphatic carbocycles. The zero-order chi connectivity index (χ0) is 23.8. The summed E-state index contributed by atoms with van der Waals surface area (Å²) in [5.41, 5.74) is 6.72. The van der Waals surface area contributed by atoms with Gasteiger partial charge in [0, 0.05) is 43.0 Å². The Hall–Kier alpha value is -3.85. The number of hydrogen-bond acceptors (Lipinski definition) is 8. The average molecular weight is 458 g/mol. The summed E-state index contributed by atoms with van der Waals surface area (Å²) in [4.78, 5) is 21.6. The van der Waals surface area contributed by atoms with Crippen molar-refractivity contribution in [2.45, 2.75) is 20.8 Å². The second kappa shape index (κ2) is 8.83. The Morgan fingerprint density at radius 2 is 1.74 bits per heavy atom. The van der Waals surface area contributed by atoms with E-state index in [4.69, 9.17) is 4.52 Å². The molecule has 0 spiro atoms. The van der Waals surface area contributed by atoms with Crippen LogP contribution in [0.25, 0.3) is 22.2 Å². The summed E-state index contributed by atoms with van der Waals surface area (Å²) in [6.07, 6.45) is 0. The van der Waals surface area contributed by atoms with Crippen LogP contribution >= 0.6 is 0 Å². The molecule has 0 saturated carbocycles. The minimum atomic E-state index is 0.0630. The average Bonchev–Trinajstić information content (AvgIpc) is 3.17. The van der Waals surface area contributed by atoms with Crippen molar-refractivity contribution in [3.05, 3.63) is 59.0 Å². The van der Waals surface area contributed by atoms with Gasteiger partial charge in [0.15, 0.2) is 0 Å². The molecule has 0 radical (unpaired) electrons. The number of hydrogen-bond donors (Lipinski definition) is 1. The number of carbonyl (C=O) groups excluding carboxylic acids is 1. The normalized spacial score (nSPS) is 14.5. The molecular weight excluding hydrogens is 430 g/mol. The second-order valence-corrected chi connectivity index (χ2v) is 8.79. The van der Waals surface area contributed by atoms with Crippen molar-refractivity contribution in [2.24, 2.45) is 0 Å². The molecule has 1 saturated heterocycles. The number of piperazine rings is 1. The molecule has 0 unspecified atom stereocenters. The number of likely N-dealkylation sites (N-methyl/N-ethyl adjacent to an activating group) is 1. The van der Waals surface area contributed by atoms with Crippen LogP contribution in [0.2, 0.25) is 0 Å². The number of aryl methyl sites for hydroxylation is 3. The largest absolute Gasteiger partial charge is 0.361 e. The number of fused-ring (bicyclic) bond motifs is 1. The summed E-state index contributed by atoms with van der Waals surface area (Å²) < 4.78 is 5.31. The van der Waals surface area contributed by atoms with Crippen LogP contribution < -0.4 is 5.32 Å². The van der Waals surface area contributed by atoms with E-state index in [9.17, 15) is 4.79 Å². The fourth-order valence-corrected chi connectivity index (χ4v) is 4.32. The fourth-order valence-electron chi connectivity index (χ4n) is 4.32. The summed E-state index contributed by atoms with van der Waals surface area (Å²) in [6, 6.07) is 11.4. The maximum Gasteiger partial charge on any atom is 0.253 e. The van der Waals surface area contributed by atoms with E-state index in [0.29, 0.717) is 17.0 Å². The van der Waals surface area contributed by atoms with Gasteiger partial charge in [-0.15, -0.1) is 10.2 Å².